The normalized spacial score (nSPS) is 11.5. The van der Waals surface area contributed by atoms with E-state index in [0.29, 0.717) is 18.8 Å². The minimum atomic E-state index is -0.580. The molecule has 0 heterocycles. The van der Waals surface area contributed by atoms with Crippen molar-refractivity contribution in [2.45, 2.75) is 20.0 Å². The molecule has 0 fully saturated rings. The lowest BCUT2D eigenvalue weighted by Gasteiger charge is -2.15. The zero-order chi connectivity index (χ0) is 12.7. The summed E-state index contributed by atoms with van der Waals surface area (Å²) in [6.45, 7) is 4.84. The molecule has 0 saturated heterocycles. The van der Waals surface area contributed by atoms with Gasteiger partial charge in [-0.15, -0.1) is 5.92 Å². The fourth-order valence-electron chi connectivity index (χ4n) is 1.58. The summed E-state index contributed by atoms with van der Waals surface area (Å²) in [5.41, 5.74) is 1.91. The molecule has 2 N–H and O–H groups in total. The highest BCUT2D eigenvalue weighted by Gasteiger charge is 2.12. The molecule has 1 aromatic rings. The minimum absolute atomic E-state index is 0.467. The van der Waals surface area contributed by atoms with Crippen LogP contribution in [-0.4, -0.2) is 25.3 Å². The van der Waals surface area contributed by atoms with Gasteiger partial charge in [0.05, 0.1) is 19.8 Å². The van der Waals surface area contributed by atoms with Crippen molar-refractivity contribution in [3.05, 3.63) is 29.3 Å². The van der Waals surface area contributed by atoms with Crippen molar-refractivity contribution in [3.63, 3.8) is 0 Å². The molecule has 17 heavy (non-hydrogen) atoms. The van der Waals surface area contributed by atoms with Crippen molar-refractivity contribution in [3.8, 4) is 17.6 Å². The largest absolute Gasteiger partial charge is 0.496 e. The van der Waals surface area contributed by atoms with Gasteiger partial charge >= 0.3 is 0 Å². The molecule has 0 amide bonds. The van der Waals surface area contributed by atoms with E-state index in [1.54, 1.807) is 14.0 Å². The summed E-state index contributed by atoms with van der Waals surface area (Å²) in [6.07, 6.45) is -0.580. The van der Waals surface area contributed by atoms with E-state index in [2.05, 4.69) is 17.2 Å². The molecule has 1 aromatic carbocycles. The fraction of sp³-hybridized carbons (Fsp3) is 0.429. The van der Waals surface area contributed by atoms with Gasteiger partial charge in [0.1, 0.15) is 5.75 Å². The van der Waals surface area contributed by atoms with Gasteiger partial charge in [0.25, 0.3) is 0 Å². The van der Waals surface area contributed by atoms with E-state index >= 15 is 0 Å². The Morgan fingerprint density at radius 2 is 2.24 bits per heavy atom. The number of methoxy groups -OCH3 is 1. The Bertz CT molecular complexity index is 418. The molecule has 0 bridgehead atoms. The van der Waals surface area contributed by atoms with Crippen molar-refractivity contribution in [1.82, 2.24) is 5.32 Å². The van der Waals surface area contributed by atoms with Crippen LogP contribution in [0.1, 0.15) is 24.2 Å². The van der Waals surface area contributed by atoms with E-state index in [0.717, 1.165) is 11.1 Å². The predicted octanol–water partition coefficient (Wildman–Crippen LogP) is 1.65. The van der Waals surface area contributed by atoms with Crippen LogP contribution in [0.2, 0.25) is 0 Å². The quantitative estimate of drug-likeness (QED) is 0.600. The lowest BCUT2D eigenvalue weighted by atomic mass is 10.1. The summed E-state index contributed by atoms with van der Waals surface area (Å²) >= 11 is 0. The van der Waals surface area contributed by atoms with Crippen molar-refractivity contribution < 1.29 is 9.84 Å². The topological polar surface area (TPSA) is 41.5 Å². The number of rotatable bonds is 5. The van der Waals surface area contributed by atoms with Crippen molar-refractivity contribution in [2.75, 3.05) is 20.2 Å². The van der Waals surface area contributed by atoms with E-state index in [4.69, 9.17) is 4.74 Å². The summed E-state index contributed by atoms with van der Waals surface area (Å²) in [4.78, 5) is 0. The van der Waals surface area contributed by atoms with E-state index in [1.807, 2.05) is 25.1 Å². The molecular formula is C14H19NO2. The van der Waals surface area contributed by atoms with Crippen LogP contribution in [0.5, 0.6) is 5.75 Å². The van der Waals surface area contributed by atoms with E-state index in [9.17, 15) is 5.11 Å². The molecule has 1 atom stereocenters. The van der Waals surface area contributed by atoms with Crippen LogP contribution in [0.4, 0.5) is 0 Å². The molecule has 0 radical (unpaired) electrons. The van der Waals surface area contributed by atoms with Gasteiger partial charge in [0.15, 0.2) is 0 Å². The molecule has 0 spiro atoms. The third-order valence-corrected chi connectivity index (χ3v) is 2.47. The molecule has 3 heteroatoms. The SMILES string of the molecule is CC#CCNCC(O)c1cc(C)ccc1OC. The van der Waals surface area contributed by atoms with Gasteiger partial charge in [-0.3, -0.25) is 0 Å². The Labute approximate surface area is 103 Å². The Kier molecular flexibility index (Phi) is 5.55. The van der Waals surface area contributed by atoms with Crippen LogP contribution < -0.4 is 10.1 Å². The molecule has 0 aromatic heterocycles. The minimum Gasteiger partial charge on any atom is -0.496 e. The summed E-state index contributed by atoms with van der Waals surface area (Å²) in [6, 6.07) is 5.78. The highest BCUT2D eigenvalue weighted by Crippen LogP contribution is 2.25. The zero-order valence-corrected chi connectivity index (χ0v) is 10.6. The summed E-state index contributed by atoms with van der Waals surface area (Å²) in [5.74, 6) is 6.40. The maximum Gasteiger partial charge on any atom is 0.124 e. The Morgan fingerprint density at radius 3 is 2.88 bits per heavy atom. The lowest BCUT2D eigenvalue weighted by molar-refractivity contribution is 0.172. The fourth-order valence-corrected chi connectivity index (χ4v) is 1.58. The average molecular weight is 233 g/mol. The second-order valence-electron chi connectivity index (χ2n) is 3.82. The first kappa shape index (κ1) is 13.6. The maximum atomic E-state index is 10.1. The van der Waals surface area contributed by atoms with Gasteiger partial charge in [-0.05, 0) is 26.0 Å². The smallest absolute Gasteiger partial charge is 0.124 e. The van der Waals surface area contributed by atoms with Gasteiger partial charge in [-0.25, -0.2) is 0 Å². The lowest BCUT2D eigenvalue weighted by Crippen LogP contribution is -2.22. The molecule has 1 rings (SSSR count). The predicted molar refractivity (Wildman–Crippen MR) is 69.0 cm³/mol. The molecule has 3 nitrogen and oxygen atoms in total. The first-order valence-corrected chi connectivity index (χ1v) is 5.62. The molecule has 0 aliphatic rings. The summed E-state index contributed by atoms with van der Waals surface area (Å²) in [5, 5.41) is 13.1. The van der Waals surface area contributed by atoms with Crippen LogP contribution in [0.15, 0.2) is 18.2 Å². The number of hydrogen-bond acceptors (Lipinski definition) is 3. The van der Waals surface area contributed by atoms with E-state index in [-0.39, 0.29) is 0 Å². The maximum absolute atomic E-state index is 10.1. The van der Waals surface area contributed by atoms with Crippen molar-refractivity contribution in [1.29, 1.82) is 0 Å². The highest BCUT2D eigenvalue weighted by molar-refractivity contribution is 5.38. The number of nitrogens with one attached hydrogen (secondary N) is 1. The van der Waals surface area contributed by atoms with Crippen LogP contribution in [-0.2, 0) is 0 Å². The van der Waals surface area contributed by atoms with Crippen molar-refractivity contribution >= 4 is 0 Å². The Morgan fingerprint density at radius 1 is 1.47 bits per heavy atom. The number of aliphatic hydroxyl groups excluding tert-OH is 1. The summed E-state index contributed by atoms with van der Waals surface area (Å²) in [7, 11) is 1.61. The number of hydrogen-bond donors (Lipinski definition) is 2. The number of aliphatic hydroxyl groups is 1. The third-order valence-electron chi connectivity index (χ3n) is 2.47. The standard InChI is InChI=1S/C14H19NO2/c1-4-5-8-15-10-13(16)12-9-11(2)6-7-14(12)17-3/h6-7,9,13,15-16H,8,10H2,1-3H3. The average Bonchev–Trinajstić information content (AvgIpc) is 2.34. The molecule has 92 valence electrons. The van der Waals surface area contributed by atoms with Crippen LogP contribution in [0.25, 0.3) is 0 Å². The monoisotopic (exact) mass is 233 g/mol. The van der Waals surface area contributed by atoms with E-state index < -0.39 is 6.10 Å². The number of ether oxygens (including phenoxy) is 1. The van der Waals surface area contributed by atoms with Gasteiger partial charge in [0, 0.05) is 12.1 Å². The molecule has 0 aliphatic heterocycles. The molecular weight excluding hydrogens is 214 g/mol. The first-order chi connectivity index (χ1) is 8.19. The second kappa shape index (κ2) is 6.95. The van der Waals surface area contributed by atoms with E-state index in [1.165, 1.54) is 0 Å². The van der Waals surface area contributed by atoms with Crippen LogP contribution in [0.3, 0.4) is 0 Å². The van der Waals surface area contributed by atoms with Crippen LogP contribution in [0, 0.1) is 18.8 Å². The van der Waals surface area contributed by atoms with Gasteiger partial charge in [0.2, 0.25) is 0 Å². The van der Waals surface area contributed by atoms with Gasteiger partial charge in [-0.2, -0.15) is 0 Å². The first-order valence-electron chi connectivity index (χ1n) is 5.62. The number of aryl methyl sites for hydroxylation is 1. The van der Waals surface area contributed by atoms with Crippen molar-refractivity contribution in [2.24, 2.45) is 0 Å². The van der Waals surface area contributed by atoms with Gasteiger partial charge in [-0.1, -0.05) is 17.6 Å². The zero-order valence-electron chi connectivity index (χ0n) is 10.6. The Hall–Kier alpha value is -1.50. The molecule has 0 aliphatic carbocycles. The Balaban J connectivity index is 2.68. The van der Waals surface area contributed by atoms with Crippen LogP contribution >= 0.6 is 0 Å². The third kappa shape index (κ3) is 4.10. The van der Waals surface area contributed by atoms with Gasteiger partial charge < -0.3 is 15.2 Å². The molecule has 1 unspecified atom stereocenters. The second-order valence-corrected chi connectivity index (χ2v) is 3.82. The number of benzene rings is 1. The molecule has 0 saturated carbocycles. The summed E-state index contributed by atoms with van der Waals surface area (Å²) < 4.78 is 5.23. The highest BCUT2D eigenvalue weighted by atomic mass is 16.5.